The van der Waals surface area contributed by atoms with Gasteiger partial charge >= 0.3 is 6.18 Å². The topological polar surface area (TPSA) is 57.9 Å². The highest BCUT2D eigenvalue weighted by molar-refractivity contribution is 5.80. The number of halogens is 3. The third kappa shape index (κ3) is 5.32. The number of ether oxygens (including phenoxy) is 3. The molecule has 0 saturated carbocycles. The van der Waals surface area contributed by atoms with Gasteiger partial charge in [-0.3, -0.25) is 4.79 Å². The van der Waals surface area contributed by atoms with Gasteiger partial charge in [0.05, 0.1) is 12.0 Å². The van der Waals surface area contributed by atoms with E-state index < -0.39 is 23.1 Å². The van der Waals surface area contributed by atoms with Gasteiger partial charge in [0.25, 0.3) is 5.76 Å². The van der Waals surface area contributed by atoms with E-state index in [-0.39, 0.29) is 41.4 Å². The van der Waals surface area contributed by atoms with E-state index >= 15 is 0 Å². The quantitative estimate of drug-likeness (QED) is 0.265. The lowest BCUT2D eigenvalue weighted by molar-refractivity contribution is -0.154. The van der Waals surface area contributed by atoms with E-state index in [9.17, 15) is 18.0 Å². The Balaban J connectivity index is 1.70. The molecular weight excluding hydrogens is 461 g/mol. The molecule has 0 amide bonds. The minimum Gasteiger partial charge on any atom is -0.490 e. The summed E-state index contributed by atoms with van der Waals surface area (Å²) in [6.45, 7) is 5.85. The van der Waals surface area contributed by atoms with Crippen LogP contribution in [0.2, 0.25) is 0 Å². The minimum absolute atomic E-state index is 0.0334. The van der Waals surface area contributed by atoms with Crippen molar-refractivity contribution < 1.29 is 31.8 Å². The Morgan fingerprint density at radius 1 is 0.971 bits per heavy atom. The van der Waals surface area contributed by atoms with Crippen LogP contribution in [0.15, 0.2) is 82.5 Å². The number of para-hydroxylation sites is 2. The van der Waals surface area contributed by atoms with Gasteiger partial charge in [-0.1, -0.05) is 49.1 Å². The normalized spacial score (nSPS) is 11.3. The van der Waals surface area contributed by atoms with E-state index in [0.717, 1.165) is 11.1 Å². The first-order valence-electron chi connectivity index (χ1n) is 10.7. The lowest BCUT2D eigenvalue weighted by atomic mass is 10.1. The van der Waals surface area contributed by atoms with E-state index in [0.29, 0.717) is 0 Å². The number of hydrogen-bond donors (Lipinski definition) is 0. The van der Waals surface area contributed by atoms with Crippen LogP contribution < -0.4 is 19.6 Å². The molecule has 0 fully saturated rings. The molecule has 0 bridgehead atoms. The summed E-state index contributed by atoms with van der Waals surface area (Å²) in [6.07, 6.45) is -3.27. The molecular formula is C27H21F3O5. The molecule has 0 unspecified atom stereocenters. The van der Waals surface area contributed by atoms with Crippen molar-refractivity contribution in [1.29, 1.82) is 0 Å². The predicted molar refractivity (Wildman–Crippen MR) is 126 cm³/mol. The fraction of sp³-hybridized carbons (Fsp3) is 0.148. The maximum atomic E-state index is 13.9. The van der Waals surface area contributed by atoms with Crippen molar-refractivity contribution in [3.05, 3.63) is 100 Å². The number of benzene rings is 3. The average Bonchev–Trinajstić information content (AvgIpc) is 2.85. The molecule has 0 spiro atoms. The molecule has 8 heteroatoms. The molecule has 35 heavy (non-hydrogen) atoms. The number of alkyl halides is 3. The second-order valence-corrected chi connectivity index (χ2v) is 7.46. The van der Waals surface area contributed by atoms with Gasteiger partial charge in [-0.15, -0.1) is 0 Å². The summed E-state index contributed by atoms with van der Waals surface area (Å²) >= 11 is 0. The number of hydrogen-bond acceptors (Lipinski definition) is 5. The monoisotopic (exact) mass is 482 g/mol. The van der Waals surface area contributed by atoms with E-state index in [2.05, 4.69) is 6.58 Å². The van der Waals surface area contributed by atoms with Crippen LogP contribution in [0.1, 0.15) is 23.8 Å². The van der Waals surface area contributed by atoms with Crippen LogP contribution in [0, 0.1) is 0 Å². The van der Waals surface area contributed by atoms with Crippen LogP contribution >= 0.6 is 0 Å². The Labute approximate surface area is 199 Å². The van der Waals surface area contributed by atoms with Crippen molar-refractivity contribution in [3.8, 4) is 23.0 Å². The van der Waals surface area contributed by atoms with Gasteiger partial charge in [0.1, 0.15) is 17.9 Å². The number of fused-ring (bicyclic) bond motifs is 1. The lowest BCUT2D eigenvalue weighted by Crippen LogP contribution is -2.15. The molecule has 0 aliphatic carbocycles. The van der Waals surface area contributed by atoms with Crippen LogP contribution in [-0.2, 0) is 12.8 Å². The maximum absolute atomic E-state index is 13.9. The van der Waals surface area contributed by atoms with Crippen LogP contribution in [0.25, 0.3) is 17.0 Å². The Morgan fingerprint density at radius 2 is 1.69 bits per heavy atom. The molecule has 180 valence electrons. The zero-order valence-corrected chi connectivity index (χ0v) is 18.7. The summed E-state index contributed by atoms with van der Waals surface area (Å²) in [4.78, 5) is 13.0. The summed E-state index contributed by atoms with van der Waals surface area (Å²) in [5.74, 6) is -2.09. The van der Waals surface area contributed by atoms with Crippen LogP contribution in [0.3, 0.4) is 0 Å². The Bertz CT molecular complexity index is 1410. The molecule has 4 aromatic rings. The van der Waals surface area contributed by atoms with E-state index in [1.807, 2.05) is 24.3 Å². The third-order valence-corrected chi connectivity index (χ3v) is 5.06. The average molecular weight is 482 g/mol. The predicted octanol–water partition coefficient (Wildman–Crippen LogP) is 7.22. The highest BCUT2D eigenvalue weighted by Crippen LogP contribution is 2.40. The van der Waals surface area contributed by atoms with E-state index in [1.165, 1.54) is 30.3 Å². The Kier molecular flexibility index (Phi) is 6.82. The zero-order valence-electron chi connectivity index (χ0n) is 18.7. The molecule has 4 rings (SSSR count). The number of rotatable bonds is 8. The SMILES string of the molecule is C=Cc1ccc(COc2ccc3c(=O)c(Oc4ccccc4OCC)c(C(F)(F)F)oc3c2)cc1. The Morgan fingerprint density at radius 3 is 2.34 bits per heavy atom. The van der Waals surface area contributed by atoms with Crippen LogP contribution in [0.5, 0.6) is 23.0 Å². The first-order chi connectivity index (χ1) is 16.8. The molecule has 0 aliphatic rings. The van der Waals surface area contributed by atoms with Gasteiger partial charge in [0.2, 0.25) is 11.2 Å². The van der Waals surface area contributed by atoms with Crippen molar-refractivity contribution in [3.63, 3.8) is 0 Å². The fourth-order valence-corrected chi connectivity index (χ4v) is 3.36. The summed E-state index contributed by atoms with van der Waals surface area (Å²) in [5.41, 5.74) is 0.566. The maximum Gasteiger partial charge on any atom is 0.453 e. The van der Waals surface area contributed by atoms with Crippen LogP contribution in [-0.4, -0.2) is 6.61 Å². The van der Waals surface area contributed by atoms with Crippen molar-refractivity contribution >= 4 is 17.0 Å². The fourth-order valence-electron chi connectivity index (χ4n) is 3.36. The smallest absolute Gasteiger partial charge is 0.453 e. The molecule has 0 N–H and O–H groups in total. The van der Waals surface area contributed by atoms with E-state index in [4.69, 9.17) is 18.6 Å². The van der Waals surface area contributed by atoms with Crippen molar-refractivity contribution in [2.75, 3.05) is 6.61 Å². The second-order valence-electron chi connectivity index (χ2n) is 7.46. The first-order valence-corrected chi connectivity index (χ1v) is 10.7. The third-order valence-electron chi connectivity index (χ3n) is 5.06. The van der Waals surface area contributed by atoms with Gasteiger partial charge in [-0.2, -0.15) is 13.2 Å². The van der Waals surface area contributed by atoms with Crippen LogP contribution in [0.4, 0.5) is 13.2 Å². The van der Waals surface area contributed by atoms with Gasteiger partial charge in [0, 0.05) is 6.07 Å². The standard InChI is InChI=1S/C27H21F3O5/c1-3-17-9-11-18(12-10-17)16-33-19-13-14-20-23(15-19)35-26(27(28,29)30)25(24(20)31)34-22-8-6-5-7-21(22)32-4-2/h3,5-15H,1,4,16H2,2H3. The molecule has 5 nitrogen and oxygen atoms in total. The lowest BCUT2D eigenvalue weighted by Gasteiger charge is -2.15. The molecule has 0 saturated heterocycles. The highest BCUT2D eigenvalue weighted by Gasteiger charge is 2.40. The summed E-state index contributed by atoms with van der Waals surface area (Å²) in [7, 11) is 0. The minimum atomic E-state index is -4.98. The highest BCUT2D eigenvalue weighted by atomic mass is 19.4. The molecule has 1 aromatic heterocycles. The van der Waals surface area contributed by atoms with Gasteiger partial charge in [-0.25, -0.2) is 0 Å². The Hall–Kier alpha value is -4.20. The molecule has 0 atom stereocenters. The van der Waals surface area contributed by atoms with Crippen molar-refractivity contribution in [2.24, 2.45) is 0 Å². The van der Waals surface area contributed by atoms with Crippen molar-refractivity contribution in [1.82, 2.24) is 0 Å². The summed E-state index contributed by atoms with van der Waals surface area (Å²) < 4.78 is 63.2. The van der Waals surface area contributed by atoms with Gasteiger partial charge in [-0.05, 0) is 42.3 Å². The largest absolute Gasteiger partial charge is 0.490 e. The van der Waals surface area contributed by atoms with Crippen molar-refractivity contribution in [2.45, 2.75) is 19.7 Å². The zero-order chi connectivity index (χ0) is 25.0. The molecule has 3 aromatic carbocycles. The first kappa shape index (κ1) is 23.9. The summed E-state index contributed by atoms with van der Waals surface area (Å²) in [6, 6.07) is 17.7. The van der Waals surface area contributed by atoms with Gasteiger partial charge in [0.15, 0.2) is 11.5 Å². The second kappa shape index (κ2) is 9.97. The molecule has 0 aliphatic heterocycles. The van der Waals surface area contributed by atoms with Gasteiger partial charge < -0.3 is 18.6 Å². The summed E-state index contributed by atoms with van der Waals surface area (Å²) in [5, 5.41) is -0.0791. The molecule has 1 heterocycles. The molecule has 0 radical (unpaired) electrons. The van der Waals surface area contributed by atoms with E-state index in [1.54, 1.807) is 25.1 Å².